The number of hydrogen-bond donors (Lipinski definition) is 1. The fraction of sp³-hybridized carbons (Fsp3) is 0.562. The van der Waals surface area contributed by atoms with Crippen LogP contribution in [0.3, 0.4) is 0 Å². The van der Waals surface area contributed by atoms with Crippen LogP contribution in [0.5, 0.6) is 0 Å². The van der Waals surface area contributed by atoms with E-state index in [1.165, 1.54) is 17.5 Å². The molecular weight excluding hydrogens is 236 g/mol. The molecule has 0 bridgehead atoms. The molecule has 3 heteroatoms. The summed E-state index contributed by atoms with van der Waals surface area (Å²) in [6, 6.07) is 6.54. The van der Waals surface area contributed by atoms with E-state index in [-0.39, 0.29) is 11.9 Å². The van der Waals surface area contributed by atoms with Crippen LogP contribution in [0.25, 0.3) is 0 Å². The van der Waals surface area contributed by atoms with Gasteiger partial charge in [-0.15, -0.1) is 0 Å². The number of aryl methyl sites for hydroxylation is 2. The Morgan fingerprint density at radius 2 is 2.16 bits per heavy atom. The van der Waals surface area contributed by atoms with Gasteiger partial charge in [0.05, 0.1) is 6.42 Å². The van der Waals surface area contributed by atoms with Crippen molar-refractivity contribution in [3.05, 3.63) is 34.9 Å². The monoisotopic (exact) mass is 260 g/mol. The normalized spacial score (nSPS) is 19.5. The molecule has 104 valence electrons. The number of amides is 1. The topological polar surface area (TPSA) is 46.3 Å². The molecule has 3 nitrogen and oxygen atoms in total. The molecule has 1 aliphatic heterocycles. The highest BCUT2D eigenvalue weighted by molar-refractivity contribution is 5.79. The number of nitrogens with two attached hydrogens (primary N) is 1. The van der Waals surface area contributed by atoms with Gasteiger partial charge >= 0.3 is 0 Å². The lowest BCUT2D eigenvalue weighted by Crippen LogP contribution is -2.48. The van der Waals surface area contributed by atoms with E-state index in [2.05, 4.69) is 32.0 Å². The molecule has 1 saturated heterocycles. The number of piperidine rings is 1. The molecule has 0 spiro atoms. The van der Waals surface area contributed by atoms with E-state index in [0.29, 0.717) is 13.0 Å². The summed E-state index contributed by atoms with van der Waals surface area (Å²) in [7, 11) is 0. The van der Waals surface area contributed by atoms with Crippen LogP contribution in [-0.4, -0.2) is 29.9 Å². The molecule has 0 saturated carbocycles. The molecule has 1 aromatic rings. The predicted octanol–water partition coefficient (Wildman–Crippen LogP) is 2.19. The molecule has 19 heavy (non-hydrogen) atoms. The molecule has 1 heterocycles. The third kappa shape index (κ3) is 3.35. The maximum absolute atomic E-state index is 12.5. The van der Waals surface area contributed by atoms with Crippen molar-refractivity contribution in [1.82, 2.24) is 4.90 Å². The van der Waals surface area contributed by atoms with Crippen LogP contribution >= 0.6 is 0 Å². The summed E-state index contributed by atoms with van der Waals surface area (Å²) in [5.74, 6) is 0.226. The third-order valence-corrected chi connectivity index (χ3v) is 4.07. The molecule has 2 rings (SSSR count). The lowest BCUT2D eigenvalue weighted by atomic mass is 9.99. The van der Waals surface area contributed by atoms with Gasteiger partial charge in [-0.25, -0.2) is 0 Å². The van der Waals surface area contributed by atoms with Crippen molar-refractivity contribution in [2.45, 2.75) is 45.6 Å². The minimum absolute atomic E-state index is 0.226. The number of carbonyl (C=O) groups is 1. The summed E-state index contributed by atoms with van der Waals surface area (Å²) in [6.07, 6.45) is 3.85. The minimum Gasteiger partial charge on any atom is -0.338 e. The quantitative estimate of drug-likeness (QED) is 0.905. The molecule has 0 aromatic heterocycles. The summed E-state index contributed by atoms with van der Waals surface area (Å²) >= 11 is 0. The van der Waals surface area contributed by atoms with Gasteiger partial charge in [-0.1, -0.05) is 23.8 Å². The second-order valence-electron chi connectivity index (χ2n) is 5.58. The minimum atomic E-state index is 0.226. The second-order valence-corrected chi connectivity index (χ2v) is 5.58. The van der Waals surface area contributed by atoms with Gasteiger partial charge in [0, 0.05) is 19.1 Å². The average Bonchev–Trinajstić information content (AvgIpc) is 2.42. The molecule has 0 aliphatic carbocycles. The fourth-order valence-electron chi connectivity index (χ4n) is 2.83. The van der Waals surface area contributed by atoms with Gasteiger partial charge in [0.2, 0.25) is 5.91 Å². The number of carbonyl (C=O) groups excluding carboxylic acids is 1. The predicted molar refractivity (Wildman–Crippen MR) is 78.0 cm³/mol. The van der Waals surface area contributed by atoms with Crippen LogP contribution in [0.15, 0.2) is 18.2 Å². The smallest absolute Gasteiger partial charge is 0.227 e. The highest BCUT2D eigenvalue weighted by atomic mass is 16.2. The van der Waals surface area contributed by atoms with E-state index < -0.39 is 0 Å². The number of likely N-dealkylation sites (tertiary alicyclic amines) is 1. The standard InChI is InChI=1S/C16H24N2O/c1-12-6-7-13(2)14(9-12)10-16(19)18-8-4-3-5-15(18)11-17/h6-7,9,15H,3-5,8,10-11,17H2,1-2H3. The fourth-order valence-corrected chi connectivity index (χ4v) is 2.83. The molecule has 1 fully saturated rings. The van der Waals surface area contributed by atoms with Crippen molar-refractivity contribution < 1.29 is 4.79 Å². The highest BCUT2D eigenvalue weighted by Gasteiger charge is 2.25. The first-order valence-corrected chi connectivity index (χ1v) is 7.17. The van der Waals surface area contributed by atoms with Crippen molar-refractivity contribution in [3.8, 4) is 0 Å². The Labute approximate surface area is 115 Å². The summed E-state index contributed by atoms with van der Waals surface area (Å²) in [5, 5.41) is 0. The molecule has 1 aliphatic rings. The largest absolute Gasteiger partial charge is 0.338 e. The van der Waals surface area contributed by atoms with E-state index in [0.717, 1.165) is 24.9 Å². The summed E-state index contributed by atoms with van der Waals surface area (Å²) in [6.45, 7) is 5.58. The summed E-state index contributed by atoms with van der Waals surface area (Å²) < 4.78 is 0. The van der Waals surface area contributed by atoms with Crippen LogP contribution in [0.1, 0.15) is 36.0 Å². The Morgan fingerprint density at radius 3 is 2.89 bits per heavy atom. The van der Waals surface area contributed by atoms with Crippen molar-refractivity contribution >= 4 is 5.91 Å². The zero-order valence-corrected chi connectivity index (χ0v) is 12.0. The average molecular weight is 260 g/mol. The van der Waals surface area contributed by atoms with E-state index >= 15 is 0 Å². The molecule has 0 radical (unpaired) electrons. The van der Waals surface area contributed by atoms with Crippen LogP contribution in [0.2, 0.25) is 0 Å². The summed E-state index contributed by atoms with van der Waals surface area (Å²) in [5.41, 5.74) is 9.33. The Morgan fingerprint density at radius 1 is 1.37 bits per heavy atom. The third-order valence-electron chi connectivity index (χ3n) is 4.07. The number of rotatable bonds is 3. The molecule has 1 amide bonds. The van der Waals surface area contributed by atoms with E-state index in [1.54, 1.807) is 0 Å². The van der Waals surface area contributed by atoms with Gasteiger partial charge in [0.15, 0.2) is 0 Å². The van der Waals surface area contributed by atoms with Gasteiger partial charge in [0.25, 0.3) is 0 Å². The van der Waals surface area contributed by atoms with Crippen molar-refractivity contribution in [2.75, 3.05) is 13.1 Å². The highest BCUT2D eigenvalue weighted by Crippen LogP contribution is 2.19. The zero-order valence-electron chi connectivity index (χ0n) is 12.0. The molecule has 2 N–H and O–H groups in total. The summed E-state index contributed by atoms with van der Waals surface area (Å²) in [4.78, 5) is 14.5. The van der Waals surface area contributed by atoms with Crippen molar-refractivity contribution in [2.24, 2.45) is 5.73 Å². The number of hydrogen-bond acceptors (Lipinski definition) is 2. The number of nitrogens with zero attached hydrogens (tertiary/aromatic N) is 1. The van der Waals surface area contributed by atoms with Crippen LogP contribution in [-0.2, 0) is 11.2 Å². The molecule has 1 unspecified atom stereocenters. The van der Waals surface area contributed by atoms with E-state index in [1.807, 2.05) is 4.90 Å². The first-order valence-electron chi connectivity index (χ1n) is 7.17. The van der Waals surface area contributed by atoms with Gasteiger partial charge in [-0.2, -0.15) is 0 Å². The SMILES string of the molecule is Cc1ccc(C)c(CC(=O)N2CCCCC2CN)c1. The Hall–Kier alpha value is -1.35. The van der Waals surface area contributed by atoms with Gasteiger partial charge in [0.1, 0.15) is 0 Å². The van der Waals surface area contributed by atoms with Crippen molar-refractivity contribution in [3.63, 3.8) is 0 Å². The van der Waals surface area contributed by atoms with Crippen LogP contribution in [0.4, 0.5) is 0 Å². The molecule has 1 aromatic carbocycles. The Bertz CT molecular complexity index is 456. The van der Waals surface area contributed by atoms with Crippen LogP contribution < -0.4 is 5.73 Å². The van der Waals surface area contributed by atoms with Crippen molar-refractivity contribution in [1.29, 1.82) is 0 Å². The van der Waals surface area contributed by atoms with Gasteiger partial charge in [-0.05, 0) is 44.2 Å². The second kappa shape index (κ2) is 6.20. The first-order chi connectivity index (χ1) is 9.11. The maximum Gasteiger partial charge on any atom is 0.227 e. The number of benzene rings is 1. The van der Waals surface area contributed by atoms with E-state index in [9.17, 15) is 4.79 Å². The van der Waals surface area contributed by atoms with Crippen LogP contribution in [0, 0.1) is 13.8 Å². The van der Waals surface area contributed by atoms with Gasteiger partial charge in [-0.3, -0.25) is 4.79 Å². The lowest BCUT2D eigenvalue weighted by molar-refractivity contribution is -0.133. The Balaban J connectivity index is 2.09. The van der Waals surface area contributed by atoms with E-state index in [4.69, 9.17) is 5.73 Å². The maximum atomic E-state index is 12.5. The van der Waals surface area contributed by atoms with Gasteiger partial charge < -0.3 is 10.6 Å². The first kappa shape index (κ1) is 14.1. The Kier molecular flexibility index (Phi) is 4.59. The molecule has 1 atom stereocenters. The lowest BCUT2D eigenvalue weighted by Gasteiger charge is -2.35. The molecular formula is C16H24N2O. The zero-order chi connectivity index (χ0) is 13.8.